The van der Waals surface area contributed by atoms with Crippen LogP contribution in [0.5, 0.6) is 0 Å². The average molecular weight is 313 g/mol. The van der Waals surface area contributed by atoms with Crippen molar-refractivity contribution in [3.05, 3.63) is 35.2 Å². The number of hydrogen-bond acceptors (Lipinski definition) is 5. The minimum Gasteiger partial charge on any atom is -0.281 e. The van der Waals surface area contributed by atoms with Crippen LogP contribution in [0.25, 0.3) is 11.0 Å². The van der Waals surface area contributed by atoms with Gasteiger partial charge in [-0.25, -0.2) is 10.9 Å². The molecule has 0 radical (unpaired) electrons. The van der Waals surface area contributed by atoms with Crippen molar-refractivity contribution < 1.29 is 4.79 Å². The molecular formula is C15H19N7O. The van der Waals surface area contributed by atoms with Crippen LogP contribution in [0.3, 0.4) is 0 Å². The summed E-state index contributed by atoms with van der Waals surface area (Å²) in [5, 5.41) is 18.7. The summed E-state index contributed by atoms with van der Waals surface area (Å²) in [5.41, 5.74) is 4.21. The van der Waals surface area contributed by atoms with Gasteiger partial charge in [0.15, 0.2) is 5.69 Å². The Morgan fingerprint density at radius 3 is 2.74 bits per heavy atom. The van der Waals surface area contributed by atoms with Gasteiger partial charge in [-0.15, -0.1) is 0 Å². The highest BCUT2D eigenvalue weighted by Crippen LogP contribution is 2.21. The van der Waals surface area contributed by atoms with Crippen molar-refractivity contribution in [2.24, 2.45) is 5.84 Å². The Kier molecular flexibility index (Phi) is 4.07. The number of carbonyl (C=O) groups is 1. The maximum Gasteiger partial charge on any atom is 0.293 e. The van der Waals surface area contributed by atoms with E-state index in [1.54, 1.807) is 18.2 Å². The van der Waals surface area contributed by atoms with E-state index in [9.17, 15) is 4.79 Å². The van der Waals surface area contributed by atoms with Gasteiger partial charge in [0.1, 0.15) is 11.0 Å². The van der Waals surface area contributed by atoms with Gasteiger partial charge in [0, 0.05) is 11.3 Å². The van der Waals surface area contributed by atoms with Crippen molar-refractivity contribution in [3.8, 4) is 0 Å². The molecule has 0 bridgehead atoms. The third-order valence-corrected chi connectivity index (χ3v) is 3.81. The van der Waals surface area contributed by atoms with Crippen LogP contribution in [0.4, 0.5) is 5.69 Å². The molecule has 2 aromatic heterocycles. The Morgan fingerprint density at radius 2 is 2.00 bits per heavy atom. The number of benzene rings is 1. The number of aromatic nitrogens is 5. The Balaban J connectivity index is 1.94. The maximum absolute atomic E-state index is 12.7. The first-order valence-corrected chi connectivity index (χ1v) is 7.61. The molecule has 0 saturated carbocycles. The average Bonchev–Trinajstić information content (AvgIpc) is 3.19. The minimum absolute atomic E-state index is 0.341. The fourth-order valence-electron chi connectivity index (χ4n) is 2.60. The monoisotopic (exact) mass is 313 g/mol. The first-order chi connectivity index (χ1) is 11.2. The van der Waals surface area contributed by atoms with Crippen LogP contribution in [0.1, 0.15) is 42.0 Å². The summed E-state index contributed by atoms with van der Waals surface area (Å²) in [6.07, 6.45) is 2.52. The van der Waals surface area contributed by atoms with Gasteiger partial charge in [0.2, 0.25) is 0 Å². The van der Waals surface area contributed by atoms with E-state index in [1.165, 1.54) is 0 Å². The van der Waals surface area contributed by atoms with Crippen LogP contribution < -0.4 is 10.9 Å². The number of aryl methyl sites for hydroxylation is 1. The number of nitrogens with zero attached hydrogens (tertiary/aromatic N) is 4. The van der Waals surface area contributed by atoms with Gasteiger partial charge in [-0.2, -0.15) is 20.5 Å². The van der Waals surface area contributed by atoms with Gasteiger partial charge in [-0.05, 0) is 31.0 Å². The second kappa shape index (κ2) is 6.17. The Bertz CT molecular complexity index is 835. The van der Waals surface area contributed by atoms with Crippen molar-refractivity contribution in [2.45, 2.75) is 33.1 Å². The summed E-state index contributed by atoms with van der Waals surface area (Å²) in [5.74, 6) is 5.68. The highest BCUT2D eigenvalue weighted by molar-refractivity contribution is 6.05. The summed E-state index contributed by atoms with van der Waals surface area (Å²) < 4.78 is 0. The van der Waals surface area contributed by atoms with E-state index >= 15 is 0 Å². The topological polar surface area (TPSA) is 117 Å². The van der Waals surface area contributed by atoms with E-state index in [-0.39, 0.29) is 5.91 Å². The minimum atomic E-state index is -0.341. The van der Waals surface area contributed by atoms with Crippen molar-refractivity contribution in [3.63, 3.8) is 0 Å². The molecule has 0 spiro atoms. The van der Waals surface area contributed by atoms with Crippen LogP contribution in [-0.4, -0.2) is 31.5 Å². The molecule has 0 atom stereocenters. The second-order valence-electron chi connectivity index (χ2n) is 5.30. The maximum atomic E-state index is 12.7. The van der Waals surface area contributed by atoms with E-state index in [0.29, 0.717) is 22.4 Å². The van der Waals surface area contributed by atoms with Crippen molar-refractivity contribution >= 4 is 22.6 Å². The zero-order valence-corrected chi connectivity index (χ0v) is 13.1. The number of anilines is 1. The van der Waals surface area contributed by atoms with Gasteiger partial charge >= 0.3 is 0 Å². The summed E-state index contributed by atoms with van der Waals surface area (Å²) in [6.45, 7) is 4.10. The lowest BCUT2D eigenvalue weighted by atomic mass is 10.1. The van der Waals surface area contributed by atoms with E-state index < -0.39 is 0 Å². The zero-order chi connectivity index (χ0) is 16.4. The molecule has 8 nitrogen and oxygen atoms in total. The standard InChI is InChI=1S/C15H19N7O/c1-3-5-10-11(4-2)17-20-14(10)15(23)22(16)9-6-7-12-13(8-9)19-21-18-12/h6-8H,3-5,16H2,1-2H3,(H,17,20)(H,18,19,21). The number of carbonyl (C=O) groups excluding carboxylic acids is 1. The van der Waals surface area contributed by atoms with Crippen molar-refractivity contribution in [1.82, 2.24) is 25.6 Å². The lowest BCUT2D eigenvalue weighted by Gasteiger charge is -2.16. The third-order valence-electron chi connectivity index (χ3n) is 3.81. The first kappa shape index (κ1) is 15.2. The number of fused-ring (bicyclic) bond motifs is 1. The summed E-state index contributed by atoms with van der Waals surface area (Å²) in [4.78, 5) is 12.7. The number of H-pyrrole nitrogens is 2. The molecule has 0 saturated heterocycles. The van der Waals surface area contributed by atoms with E-state index in [0.717, 1.165) is 35.5 Å². The van der Waals surface area contributed by atoms with Crippen LogP contribution in [-0.2, 0) is 12.8 Å². The highest BCUT2D eigenvalue weighted by Gasteiger charge is 2.23. The molecule has 23 heavy (non-hydrogen) atoms. The van der Waals surface area contributed by atoms with Gasteiger partial charge in [-0.1, -0.05) is 20.3 Å². The molecule has 0 aliphatic carbocycles. The largest absolute Gasteiger partial charge is 0.293 e. The Hall–Kier alpha value is -2.74. The first-order valence-electron chi connectivity index (χ1n) is 7.61. The van der Waals surface area contributed by atoms with Crippen molar-refractivity contribution in [1.29, 1.82) is 0 Å². The molecule has 120 valence electrons. The van der Waals surface area contributed by atoms with Gasteiger partial charge < -0.3 is 0 Å². The molecule has 1 amide bonds. The summed E-state index contributed by atoms with van der Waals surface area (Å²) in [6, 6.07) is 5.20. The fraction of sp³-hybridized carbons (Fsp3) is 0.333. The van der Waals surface area contributed by atoms with E-state index in [1.807, 2.05) is 6.92 Å². The van der Waals surface area contributed by atoms with E-state index in [2.05, 4.69) is 32.5 Å². The number of amides is 1. The number of nitrogens with one attached hydrogen (secondary N) is 2. The van der Waals surface area contributed by atoms with Gasteiger partial charge in [0.05, 0.1) is 5.69 Å². The lowest BCUT2D eigenvalue weighted by Crippen LogP contribution is -2.38. The molecule has 0 unspecified atom stereocenters. The SMILES string of the molecule is CCCc1c(C(=O)N(N)c2ccc3n[nH]nc3c2)n[nH]c1CC. The van der Waals surface area contributed by atoms with Crippen molar-refractivity contribution in [2.75, 3.05) is 5.01 Å². The van der Waals surface area contributed by atoms with Crippen LogP contribution in [0.15, 0.2) is 18.2 Å². The molecular weight excluding hydrogens is 294 g/mol. The lowest BCUT2D eigenvalue weighted by molar-refractivity contribution is 0.0981. The molecule has 1 aromatic carbocycles. The molecule has 0 aliphatic heterocycles. The van der Waals surface area contributed by atoms with Crippen LogP contribution in [0, 0.1) is 0 Å². The van der Waals surface area contributed by atoms with Gasteiger partial charge in [0.25, 0.3) is 5.91 Å². The summed E-state index contributed by atoms with van der Waals surface area (Å²) in [7, 11) is 0. The number of hydrogen-bond donors (Lipinski definition) is 3. The number of aromatic amines is 2. The molecule has 0 fully saturated rings. The smallest absolute Gasteiger partial charge is 0.281 e. The van der Waals surface area contributed by atoms with Crippen LogP contribution in [0.2, 0.25) is 0 Å². The van der Waals surface area contributed by atoms with E-state index in [4.69, 9.17) is 5.84 Å². The fourth-order valence-corrected chi connectivity index (χ4v) is 2.60. The predicted octanol–water partition coefficient (Wildman–Crippen LogP) is 1.72. The van der Waals surface area contributed by atoms with Crippen LogP contribution >= 0.6 is 0 Å². The molecule has 0 aliphatic rings. The highest BCUT2D eigenvalue weighted by atomic mass is 16.2. The number of nitrogens with two attached hydrogens (primary N) is 1. The number of rotatable bonds is 5. The normalized spacial score (nSPS) is 11.1. The van der Waals surface area contributed by atoms with Gasteiger partial charge in [-0.3, -0.25) is 9.89 Å². The zero-order valence-electron chi connectivity index (χ0n) is 13.1. The Morgan fingerprint density at radius 1 is 1.22 bits per heavy atom. The Labute approximate surface area is 133 Å². The predicted molar refractivity (Wildman–Crippen MR) is 86.8 cm³/mol. The number of hydrazine groups is 1. The summed E-state index contributed by atoms with van der Waals surface area (Å²) >= 11 is 0. The molecule has 8 heteroatoms. The quantitative estimate of drug-likeness (QED) is 0.377. The molecule has 4 N–H and O–H groups in total. The third kappa shape index (κ3) is 2.68. The molecule has 3 rings (SSSR count). The second-order valence-corrected chi connectivity index (χ2v) is 5.30. The molecule has 3 aromatic rings. The molecule has 2 heterocycles.